The number of rotatable bonds is 9. The first-order valence-corrected chi connectivity index (χ1v) is 21.5. The van der Waals surface area contributed by atoms with Crippen LogP contribution >= 0.6 is 0 Å². The molecule has 0 atom stereocenters. The molecule has 3 rings (SSSR count). The van der Waals surface area contributed by atoms with Crippen LogP contribution in [-0.4, -0.2) is 29.1 Å². The fraction of sp³-hybridized carbons (Fsp3) is 0.471. The fourth-order valence-corrected chi connectivity index (χ4v) is 7.07. The normalized spacial score (nSPS) is 12.1. The Bertz CT molecular complexity index is 1250. The van der Waals surface area contributed by atoms with Crippen molar-refractivity contribution < 1.29 is 30.0 Å². The quantitative estimate of drug-likeness (QED) is 0.102. The van der Waals surface area contributed by atoms with Gasteiger partial charge in [0.15, 0.2) is 5.78 Å². The summed E-state index contributed by atoms with van der Waals surface area (Å²) in [6.45, 7) is 14.3. The SMILES string of the molecule is CCC(CC)/C(O)=C/C(=O)C(C)(CC)CC.Cc1[c-]c(-c2nccc3c[c]([Ge]([CH3])([CH3])[CH3])ccc23)cc(C)c1.[Ir]. The van der Waals surface area contributed by atoms with Gasteiger partial charge in [0.1, 0.15) is 0 Å². The van der Waals surface area contributed by atoms with Crippen molar-refractivity contribution in [3.05, 3.63) is 71.6 Å². The van der Waals surface area contributed by atoms with Gasteiger partial charge in [-0.05, 0) is 25.7 Å². The van der Waals surface area contributed by atoms with Gasteiger partial charge in [0.25, 0.3) is 0 Å². The zero-order valence-electron chi connectivity index (χ0n) is 25.7. The molecule has 1 radical (unpaired) electrons. The molecule has 1 N–H and O–H groups in total. The molecule has 0 fully saturated rings. The van der Waals surface area contributed by atoms with Crippen molar-refractivity contribution in [1.82, 2.24) is 4.98 Å². The summed E-state index contributed by atoms with van der Waals surface area (Å²) in [6, 6.07) is 16.8. The van der Waals surface area contributed by atoms with E-state index in [1.54, 1.807) is 0 Å². The molecule has 215 valence electrons. The number of hydrogen-bond donors (Lipinski definition) is 1. The first-order valence-electron chi connectivity index (χ1n) is 14.1. The van der Waals surface area contributed by atoms with Crippen molar-refractivity contribution in [2.75, 3.05) is 0 Å². The van der Waals surface area contributed by atoms with E-state index in [1.807, 2.05) is 40.8 Å². The number of carbonyl (C=O) groups is 1. The molecule has 39 heavy (non-hydrogen) atoms. The minimum absolute atomic E-state index is 0. The molecule has 0 saturated carbocycles. The number of ketones is 1. The number of benzene rings is 2. The molecule has 1 heterocycles. The summed E-state index contributed by atoms with van der Waals surface area (Å²) in [4.78, 5) is 16.7. The van der Waals surface area contributed by atoms with E-state index < -0.39 is 13.3 Å². The third-order valence-electron chi connectivity index (χ3n) is 7.87. The molecule has 0 aliphatic heterocycles. The molecule has 3 aromatic rings. The molecular weight excluding hydrogens is 719 g/mol. The number of fused-ring (bicyclic) bond motifs is 1. The first kappa shape index (κ1) is 35.3. The number of aliphatic hydroxyl groups is 1. The Kier molecular flexibility index (Phi) is 13.8. The Balaban J connectivity index is 0.000000402. The molecule has 1 aromatic heterocycles. The Labute approximate surface area is 253 Å². The first-order chi connectivity index (χ1) is 17.8. The van der Waals surface area contributed by atoms with Gasteiger partial charge in [-0.2, -0.15) is 0 Å². The minimum Gasteiger partial charge on any atom is 0 e. The third kappa shape index (κ3) is 9.40. The van der Waals surface area contributed by atoms with Crippen LogP contribution in [0, 0.1) is 31.2 Å². The minimum atomic E-state index is -1.80. The van der Waals surface area contributed by atoms with Crippen LogP contribution in [0.3, 0.4) is 0 Å². The fourth-order valence-electron chi connectivity index (χ4n) is 4.61. The van der Waals surface area contributed by atoms with Gasteiger partial charge in [0.2, 0.25) is 0 Å². The maximum Gasteiger partial charge on any atom is 0 e. The number of hydrogen-bond acceptors (Lipinski definition) is 3. The van der Waals surface area contributed by atoms with Crippen LogP contribution in [-0.2, 0) is 24.9 Å². The van der Waals surface area contributed by atoms with Gasteiger partial charge in [-0.25, -0.2) is 0 Å². The van der Waals surface area contributed by atoms with Crippen LogP contribution in [0.2, 0.25) is 17.3 Å². The van der Waals surface area contributed by atoms with E-state index in [9.17, 15) is 9.90 Å². The van der Waals surface area contributed by atoms with Crippen molar-refractivity contribution in [1.29, 1.82) is 0 Å². The molecule has 5 heteroatoms. The maximum atomic E-state index is 12.0. The number of aliphatic hydroxyl groups excluding tert-OH is 1. The van der Waals surface area contributed by atoms with E-state index in [4.69, 9.17) is 0 Å². The summed E-state index contributed by atoms with van der Waals surface area (Å²) in [7, 11) is 0. The predicted molar refractivity (Wildman–Crippen MR) is 167 cm³/mol. The number of aromatic nitrogens is 1. The van der Waals surface area contributed by atoms with Crippen molar-refractivity contribution in [3.8, 4) is 11.3 Å². The number of pyridine rings is 1. The van der Waals surface area contributed by atoms with Crippen LogP contribution in [0.15, 0.2) is 54.4 Å². The average molecular weight is 768 g/mol. The molecule has 3 nitrogen and oxygen atoms in total. The summed E-state index contributed by atoms with van der Waals surface area (Å²) in [6.07, 6.45) is 6.75. The van der Waals surface area contributed by atoms with Gasteiger partial charge in [0, 0.05) is 37.5 Å². The van der Waals surface area contributed by atoms with Crippen LogP contribution < -0.4 is 4.40 Å². The van der Waals surface area contributed by atoms with Crippen LogP contribution in [0.1, 0.15) is 71.4 Å². The van der Waals surface area contributed by atoms with Gasteiger partial charge < -0.3 is 5.11 Å². The van der Waals surface area contributed by atoms with Gasteiger partial charge in [0.05, 0.1) is 5.76 Å². The monoisotopic (exact) mass is 769 g/mol. The van der Waals surface area contributed by atoms with Gasteiger partial charge in [-0.1, -0.05) is 34.6 Å². The largest absolute Gasteiger partial charge is 0 e. The maximum absolute atomic E-state index is 12.0. The number of aryl methyl sites for hydroxylation is 2. The molecule has 0 unspecified atom stereocenters. The predicted octanol–water partition coefficient (Wildman–Crippen LogP) is 9.12. The topological polar surface area (TPSA) is 50.2 Å². The number of nitrogens with zero attached hydrogens (tertiary/aromatic N) is 1. The van der Waals surface area contributed by atoms with Crippen molar-refractivity contribution in [3.63, 3.8) is 0 Å². The molecule has 0 spiro atoms. The Morgan fingerprint density at radius 2 is 1.64 bits per heavy atom. The summed E-state index contributed by atoms with van der Waals surface area (Å²) in [5.41, 5.74) is 4.23. The summed E-state index contributed by atoms with van der Waals surface area (Å²) >= 11 is -1.80. The van der Waals surface area contributed by atoms with E-state index in [0.717, 1.165) is 42.5 Å². The second-order valence-electron chi connectivity index (χ2n) is 11.8. The van der Waals surface area contributed by atoms with E-state index >= 15 is 0 Å². The molecule has 0 bridgehead atoms. The Morgan fingerprint density at radius 3 is 2.15 bits per heavy atom. The second-order valence-corrected chi connectivity index (χ2v) is 22.5. The molecule has 0 saturated heterocycles. The van der Waals surface area contributed by atoms with Crippen LogP contribution in [0.5, 0.6) is 0 Å². The number of carbonyl (C=O) groups excluding carboxylic acids is 1. The average Bonchev–Trinajstić information content (AvgIpc) is 2.87. The summed E-state index contributed by atoms with van der Waals surface area (Å²) in [5.74, 6) is 7.73. The molecule has 0 amide bonds. The zero-order chi connectivity index (χ0) is 28.7. The smallest absolute Gasteiger partial charge is 0 e. The second kappa shape index (κ2) is 15.3. The van der Waals surface area contributed by atoms with Crippen molar-refractivity contribution in [2.24, 2.45) is 11.3 Å². The molecule has 0 aliphatic carbocycles. The summed E-state index contributed by atoms with van der Waals surface area (Å²) < 4.78 is 1.54. The Hall–Kier alpha value is -1.75. The van der Waals surface area contributed by atoms with E-state index in [0.29, 0.717) is 0 Å². The van der Waals surface area contributed by atoms with Crippen LogP contribution in [0.25, 0.3) is 22.0 Å². The van der Waals surface area contributed by atoms with Crippen molar-refractivity contribution in [2.45, 2.75) is 91.4 Å². The van der Waals surface area contributed by atoms with E-state index in [1.165, 1.54) is 26.8 Å². The zero-order valence-corrected chi connectivity index (χ0v) is 30.2. The molecular formula is C34H48GeIrNO2-. The third-order valence-corrected chi connectivity index (χ3v) is 12.2. The number of allylic oxidation sites excluding steroid dienone is 2. The van der Waals surface area contributed by atoms with Gasteiger partial charge in [-0.15, -0.1) is 0 Å². The molecule has 2 aromatic carbocycles. The summed E-state index contributed by atoms with van der Waals surface area (Å²) in [5, 5.41) is 12.4. The van der Waals surface area contributed by atoms with E-state index in [-0.39, 0.29) is 43.0 Å². The van der Waals surface area contributed by atoms with Gasteiger partial charge in [-0.3, -0.25) is 4.79 Å². The van der Waals surface area contributed by atoms with E-state index in [2.05, 4.69) is 78.6 Å². The van der Waals surface area contributed by atoms with Gasteiger partial charge >= 0.3 is 136 Å². The Morgan fingerprint density at radius 1 is 1.03 bits per heavy atom. The van der Waals surface area contributed by atoms with Crippen LogP contribution in [0.4, 0.5) is 0 Å². The van der Waals surface area contributed by atoms with Crippen molar-refractivity contribution >= 4 is 34.2 Å². The standard InChI is InChI=1S/C20H22GeN.C14H26O2.Ir/c1-14-10-15(2)12-17(11-14)20-19-7-6-18(21(3,4)5)13-16(19)8-9-22-20;1-6-11(7-2)12(15)10-13(16)14(5,8-3)9-4;/h6-11,13H,1-5H3;10-11,15H,6-9H2,1-5H3;/q-1;;/b;12-10-;. The molecule has 0 aliphatic rings.